The van der Waals surface area contributed by atoms with Crippen LogP contribution in [0.15, 0.2) is 24.3 Å². The minimum Gasteiger partial charge on any atom is -0.368 e. The van der Waals surface area contributed by atoms with Crippen molar-refractivity contribution in [2.75, 3.05) is 6.54 Å². The van der Waals surface area contributed by atoms with Crippen molar-refractivity contribution < 1.29 is 18.0 Å². The Morgan fingerprint density at radius 2 is 1.86 bits per heavy atom. The molecular formula is C15H17F3N2O. The predicted molar refractivity (Wildman–Crippen MR) is 71.1 cm³/mol. The van der Waals surface area contributed by atoms with E-state index in [0.29, 0.717) is 18.4 Å². The number of halogens is 3. The Hall–Kier alpha value is -1.56. The van der Waals surface area contributed by atoms with Gasteiger partial charge in [-0.05, 0) is 42.4 Å². The lowest BCUT2D eigenvalue weighted by atomic mass is 10.0. The van der Waals surface area contributed by atoms with Crippen LogP contribution in [0.25, 0.3) is 0 Å². The average molecular weight is 298 g/mol. The Bertz CT molecular complexity index is 541. The lowest BCUT2D eigenvalue weighted by Crippen LogP contribution is -2.48. The Labute approximate surface area is 120 Å². The van der Waals surface area contributed by atoms with Crippen LogP contribution < -0.4 is 5.73 Å². The zero-order valence-electron chi connectivity index (χ0n) is 11.4. The fraction of sp³-hybridized carbons (Fsp3) is 0.533. The highest BCUT2D eigenvalue weighted by Crippen LogP contribution is 2.47. The first kappa shape index (κ1) is 14.4. The maximum atomic E-state index is 12.5. The zero-order valence-corrected chi connectivity index (χ0v) is 11.4. The average Bonchev–Trinajstić information content (AvgIpc) is 3.15. The lowest BCUT2D eigenvalue weighted by Gasteiger charge is -2.33. The third-order valence-electron chi connectivity index (χ3n) is 4.50. The van der Waals surface area contributed by atoms with Crippen LogP contribution in [-0.4, -0.2) is 23.4 Å². The van der Waals surface area contributed by atoms with E-state index in [2.05, 4.69) is 0 Å². The SMILES string of the molecule is NC(=O)C1CC2CC2CN1Cc1ccc(C(F)(F)F)cc1. The Morgan fingerprint density at radius 3 is 2.43 bits per heavy atom. The molecule has 6 heteroatoms. The summed E-state index contributed by atoms with van der Waals surface area (Å²) in [7, 11) is 0. The van der Waals surface area contributed by atoms with E-state index in [0.717, 1.165) is 37.1 Å². The van der Waals surface area contributed by atoms with Crippen molar-refractivity contribution in [3.63, 3.8) is 0 Å². The lowest BCUT2D eigenvalue weighted by molar-refractivity contribution is -0.137. The van der Waals surface area contributed by atoms with Crippen LogP contribution in [0, 0.1) is 11.8 Å². The van der Waals surface area contributed by atoms with Gasteiger partial charge in [0.05, 0.1) is 11.6 Å². The van der Waals surface area contributed by atoms with E-state index in [-0.39, 0.29) is 11.9 Å². The van der Waals surface area contributed by atoms with Gasteiger partial charge in [0.25, 0.3) is 0 Å². The molecule has 21 heavy (non-hydrogen) atoms. The molecule has 2 aliphatic rings. The molecule has 1 saturated carbocycles. The molecule has 1 aromatic rings. The van der Waals surface area contributed by atoms with Crippen LogP contribution in [0.1, 0.15) is 24.0 Å². The summed E-state index contributed by atoms with van der Waals surface area (Å²) in [5.74, 6) is 0.883. The van der Waals surface area contributed by atoms with Crippen LogP contribution in [0.3, 0.4) is 0 Å². The molecule has 3 atom stereocenters. The minimum atomic E-state index is -4.32. The van der Waals surface area contributed by atoms with Crippen molar-refractivity contribution in [3.05, 3.63) is 35.4 Å². The van der Waals surface area contributed by atoms with Gasteiger partial charge in [-0.2, -0.15) is 13.2 Å². The number of nitrogens with zero attached hydrogens (tertiary/aromatic N) is 1. The van der Waals surface area contributed by atoms with Gasteiger partial charge in [0.1, 0.15) is 0 Å². The fourth-order valence-corrected chi connectivity index (χ4v) is 3.19. The molecule has 1 saturated heterocycles. The zero-order chi connectivity index (χ0) is 15.2. The first-order valence-electron chi connectivity index (χ1n) is 7.04. The maximum absolute atomic E-state index is 12.5. The van der Waals surface area contributed by atoms with Crippen molar-refractivity contribution >= 4 is 5.91 Å². The van der Waals surface area contributed by atoms with Gasteiger partial charge in [0, 0.05) is 13.1 Å². The number of carbonyl (C=O) groups excluding carboxylic acids is 1. The Kier molecular flexibility index (Phi) is 3.43. The van der Waals surface area contributed by atoms with E-state index in [1.807, 2.05) is 4.90 Å². The number of amides is 1. The third-order valence-corrected chi connectivity index (χ3v) is 4.50. The van der Waals surface area contributed by atoms with Gasteiger partial charge in [0.15, 0.2) is 0 Å². The largest absolute Gasteiger partial charge is 0.416 e. The molecule has 2 N–H and O–H groups in total. The molecule has 1 aromatic carbocycles. The maximum Gasteiger partial charge on any atom is 0.416 e. The number of benzene rings is 1. The number of primary amides is 1. The fourth-order valence-electron chi connectivity index (χ4n) is 3.19. The van der Waals surface area contributed by atoms with Gasteiger partial charge in [-0.15, -0.1) is 0 Å². The summed E-state index contributed by atoms with van der Waals surface area (Å²) >= 11 is 0. The summed E-state index contributed by atoms with van der Waals surface area (Å²) in [5, 5.41) is 0. The molecule has 0 bridgehead atoms. The van der Waals surface area contributed by atoms with Crippen molar-refractivity contribution in [2.24, 2.45) is 17.6 Å². The monoisotopic (exact) mass is 298 g/mol. The molecule has 1 aliphatic heterocycles. The van der Waals surface area contributed by atoms with Gasteiger partial charge in [-0.25, -0.2) is 0 Å². The third kappa shape index (κ3) is 3.05. The standard InChI is InChI=1S/C15H17F3N2O/c16-15(17,18)12-3-1-9(2-4-12)7-20-8-11-5-10(11)6-13(20)14(19)21/h1-4,10-11,13H,5-8H2,(H2,19,21). The minimum absolute atomic E-state index is 0.295. The van der Waals surface area contributed by atoms with Crippen LogP contribution in [0.2, 0.25) is 0 Å². The molecule has 1 aliphatic carbocycles. The first-order valence-corrected chi connectivity index (χ1v) is 7.04. The van der Waals surface area contributed by atoms with Gasteiger partial charge in [-0.3, -0.25) is 9.69 Å². The van der Waals surface area contributed by atoms with Gasteiger partial charge in [-0.1, -0.05) is 12.1 Å². The number of nitrogens with two attached hydrogens (primary N) is 1. The normalized spacial score (nSPS) is 29.0. The molecule has 3 nitrogen and oxygen atoms in total. The number of piperidine rings is 1. The van der Waals surface area contributed by atoms with Crippen molar-refractivity contribution in [2.45, 2.75) is 31.6 Å². The van der Waals surface area contributed by atoms with Crippen LogP contribution in [-0.2, 0) is 17.5 Å². The van der Waals surface area contributed by atoms with E-state index in [1.54, 1.807) is 0 Å². The molecule has 0 aromatic heterocycles. The number of carbonyl (C=O) groups is 1. The highest BCUT2D eigenvalue weighted by Gasteiger charge is 2.47. The van der Waals surface area contributed by atoms with Crippen molar-refractivity contribution in [1.82, 2.24) is 4.90 Å². The molecule has 114 valence electrons. The molecule has 2 fully saturated rings. The highest BCUT2D eigenvalue weighted by atomic mass is 19.4. The Morgan fingerprint density at radius 1 is 1.19 bits per heavy atom. The summed E-state index contributed by atoms with van der Waals surface area (Å²) in [6.07, 6.45) is -2.41. The molecule has 1 amide bonds. The second-order valence-electron chi connectivity index (χ2n) is 6.03. The molecular weight excluding hydrogens is 281 g/mol. The summed E-state index contributed by atoms with van der Waals surface area (Å²) in [6, 6.07) is 4.81. The quantitative estimate of drug-likeness (QED) is 0.931. The second kappa shape index (κ2) is 5.02. The Balaban J connectivity index is 1.71. The summed E-state index contributed by atoms with van der Waals surface area (Å²) in [4.78, 5) is 13.5. The number of fused-ring (bicyclic) bond motifs is 1. The molecule has 3 unspecified atom stereocenters. The van der Waals surface area contributed by atoms with Gasteiger partial charge in [0.2, 0.25) is 5.91 Å². The number of hydrogen-bond acceptors (Lipinski definition) is 2. The van der Waals surface area contributed by atoms with Crippen LogP contribution in [0.4, 0.5) is 13.2 Å². The molecule has 0 radical (unpaired) electrons. The topological polar surface area (TPSA) is 46.3 Å². The number of rotatable bonds is 3. The summed E-state index contributed by atoms with van der Waals surface area (Å²) < 4.78 is 37.6. The predicted octanol–water partition coefficient (Wildman–Crippen LogP) is 2.40. The van der Waals surface area contributed by atoms with Crippen molar-refractivity contribution in [3.8, 4) is 0 Å². The van der Waals surface area contributed by atoms with Gasteiger partial charge >= 0.3 is 6.18 Å². The van der Waals surface area contributed by atoms with Crippen molar-refractivity contribution in [1.29, 1.82) is 0 Å². The van der Waals surface area contributed by atoms with Crippen LogP contribution in [0.5, 0.6) is 0 Å². The highest BCUT2D eigenvalue weighted by molar-refractivity contribution is 5.80. The number of alkyl halides is 3. The van der Waals surface area contributed by atoms with E-state index < -0.39 is 11.7 Å². The smallest absolute Gasteiger partial charge is 0.368 e. The first-order chi connectivity index (χ1) is 9.84. The number of hydrogen-bond donors (Lipinski definition) is 1. The van der Waals surface area contributed by atoms with E-state index in [1.165, 1.54) is 12.1 Å². The van der Waals surface area contributed by atoms with E-state index in [4.69, 9.17) is 5.73 Å². The van der Waals surface area contributed by atoms with Gasteiger partial charge < -0.3 is 5.73 Å². The summed E-state index contributed by atoms with van der Waals surface area (Å²) in [6.45, 7) is 1.27. The molecule has 1 heterocycles. The summed E-state index contributed by atoms with van der Waals surface area (Å²) in [5.41, 5.74) is 5.56. The van der Waals surface area contributed by atoms with E-state index in [9.17, 15) is 18.0 Å². The number of likely N-dealkylation sites (tertiary alicyclic amines) is 1. The van der Waals surface area contributed by atoms with E-state index >= 15 is 0 Å². The second-order valence-corrected chi connectivity index (χ2v) is 6.03. The molecule has 0 spiro atoms. The molecule has 3 rings (SSSR count). The van der Waals surface area contributed by atoms with Crippen LogP contribution >= 0.6 is 0 Å².